The molecule has 1 fully saturated rings. The summed E-state index contributed by atoms with van der Waals surface area (Å²) in [6.07, 6.45) is 2.52. The summed E-state index contributed by atoms with van der Waals surface area (Å²) in [5, 5.41) is 3.55. The van der Waals surface area contributed by atoms with Crippen LogP contribution in [0.1, 0.15) is 29.5 Å². The number of hydrogen-bond donors (Lipinski definition) is 1. The van der Waals surface area contributed by atoms with E-state index in [4.69, 9.17) is 4.74 Å². The van der Waals surface area contributed by atoms with E-state index in [0.717, 1.165) is 26.3 Å². The van der Waals surface area contributed by atoms with Gasteiger partial charge in [0.15, 0.2) is 0 Å². The van der Waals surface area contributed by atoms with Crippen LogP contribution in [0, 0.1) is 19.8 Å². The summed E-state index contributed by atoms with van der Waals surface area (Å²) in [4.78, 5) is 0. The average molecular weight is 233 g/mol. The van der Waals surface area contributed by atoms with Crippen LogP contribution in [0.5, 0.6) is 0 Å². The molecule has 0 saturated carbocycles. The third-order valence-electron chi connectivity index (χ3n) is 3.30. The van der Waals surface area contributed by atoms with Gasteiger partial charge in [-0.15, -0.1) is 0 Å². The van der Waals surface area contributed by atoms with E-state index in [9.17, 15) is 0 Å². The molecule has 0 amide bonds. The lowest BCUT2D eigenvalue weighted by Crippen LogP contribution is -2.28. The number of aryl methyl sites for hydroxylation is 2. The second-order valence-electron chi connectivity index (χ2n) is 5.21. The highest BCUT2D eigenvalue weighted by molar-refractivity contribution is 5.28. The van der Waals surface area contributed by atoms with E-state index in [1.165, 1.54) is 29.5 Å². The van der Waals surface area contributed by atoms with Crippen molar-refractivity contribution in [2.45, 2.75) is 33.2 Å². The Morgan fingerprint density at radius 3 is 2.65 bits per heavy atom. The Hall–Kier alpha value is -0.860. The van der Waals surface area contributed by atoms with Crippen molar-refractivity contribution in [3.05, 3.63) is 34.9 Å². The molecular formula is C15H23NO. The van der Waals surface area contributed by atoms with Gasteiger partial charge in [0.05, 0.1) is 6.61 Å². The van der Waals surface area contributed by atoms with Crippen molar-refractivity contribution in [2.24, 2.45) is 5.92 Å². The summed E-state index contributed by atoms with van der Waals surface area (Å²) >= 11 is 0. The van der Waals surface area contributed by atoms with Crippen LogP contribution in [0.15, 0.2) is 18.2 Å². The minimum atomic E-state index is 0.703. The summed E-state index contributed by atoms with van der Waals surface area (Å²) in [6.45, 7) is 8.25. The van der Waals surface area contributed by atoms with Gasteiger partial charge in [0.2, 0.25) is 0 Å². The van der Waals surface area contributed by atoms with Crippen LogP contribution in [-0.4, -0.2) is 19.8 Å². The number of rotatable bonds is 4. The molecule has 0 aliphatic carbocycles. The average Bonchev–Trinajstić information content (AvgIpc) is 2.29. The lowest BCUT2D eigenvalue weighted by molar-refractivity contribution is 0.0547. The first-order chi connectivity index (χ1) is 8.24. The predicted octanol–water partition coefficient (Wildman–Crippen LogP) is 2.82. The highest BCUT2D eigenvalue weighted by atomic mass is 16.5. The standard InChI is InChI=1S/C15H23NO/c1-12-6-13(2)8-15(7-12)10-16-9-14-4-3-5-17-11-14/h6-8,14,16H,3-5,9-11H2,1-2H3/t14-/m0/s1. The van der Waals surface area contributed by atoms with E-state index < -0.39 is 0 Å². The maximum Gasteiger partial charge on any atom is 0.0506 e. The molecule has 94 valence electrons. The van der Waals surface area contributed by atoms with Crippen molar-refractivity contribution < 1.29 is 4.74 Å². The maximum atomic E-state index is 5.48. The second-order valence-corrected chi connectivity index (χ2v) is 5.21. The maximum absolute atomic E-state index is 5.48. The summed E-state index contributed by atoms with van der Waals surface area (Å²) in [6, 6.07) is 6.74. The third-order valence-corrected chi connectivity index (χ3v) is 3.30. The molecule has 1 atom stereocenters. The molecule has 0 unspecified atom stereocenters. The summed E-state index contributed by atoms with van der Waals surface area (Å²) in [7, 11) is 0. The SMILES string of the molecule is Cc1cc(C)cc(CNC[C@@H]2CCCOC2)c1. The zero-order chi connectivity index (χ0) is 12.1. The molecule has 1 N–H and O–H groups in total. The molecule has 2 nitrogen and oxygen atoms in total. The van der Waals surface area contributed by atoms with Crippen LogP contribution >= 0.6 is 0 Å². The molecule has 0 bridgehead atoms. The molecule has 0 radical (unpaired) electrons. The van der Waals surface area contributed by atoms with Gasteiger partial charge in [0, 0.05) is 19.7 Å². The van der Waals surface area contributed by atoms with Gasteiger partial charge < -0.3 is 10.1 Å². The van der Waals surface area contributed by atoms with Crippen molar-refractivity contribution in [1.29, 1.82) is 0 Å². The van der Waals surface area contributed by atoms with E-state index in [2.05, 4.69) is 37.4 Å². The molecule has 2 rings (SSSR count). The van der Waals surface area contributed by atoms with Crippen LogP contribution < -0.4 is 5.32 Å². The molecule has 2 heteroatoms. The Morgan fingerprint density at radius 2 is 2.00 bits per heavy atom. The Bertz CT molecular complexity index is 336. The highest BCUT2D eigenvalue weighted by Crippen LogP contribution is 2.13. The van der Waals surface area contributed by atoms with Crippen LogP contribution in [0.4, 0.5) is 0 Å². The van der Waals surface area contributed by atoms with E-state index in [1.54, 1.807) is 0 Å². The molecular weight excluding hydrogens is 210 g/mol. The predicted molar refractivity (Wildman–Crippen MR) is 71.2 cm³/mol. The third kappa shape index (κ3) is 4.14. The normalized spacial score (nSPS) is 20.5. The Labute approximate surface area is 104 Å². The van der Waals surface area contributed by atoms with E-state index in [-0.39, 0.29) is 0 Å². The summed E-state index contributed by atoms with van der Waals surface area (Å²) < 4.78 is 5.48. The molecule has 1 aromatic rings. The van der Waals surface area contributed by atoms with Gasteiger partial charge in [-0.25, -0.2) is 0 Å². The lowest BCUT2D eigenvalue weighted by atomic mass is 10.0. The molecule has 0 aromatic heterocycles. The lowest BCUT2D eigenvalue weighted by Gasteiger charge is -2.22. The largest absolute Gasteiger partial charge is 0.381 e. The quantitative estimate of drug-likeness (QED) is 0.863. The number of nitrogens with one attached hydrogen (secondary N) is 1. The minimum Gasteiger partial charge on any atom is -0.381 e. The fourth-order valence-corrected chi connectivity index (χ4v) is 2.56. The van der Waals surface area contributed by atoms with Gasteiger partial charge in [-0.2, -0.15) is 0 Å². The van der Waals surface area contributed by atoms with Crippen molar-refractivity contribution in [3.63, 3.8) is 0 Å². The fourth-order valence-electron chi connectivity index (χ4n) is 2.56. The van der Waals surface area contributed by atoms with Crippen molar-refractivity contribution in [1.82, 2.24) is 5.32 Å². The van der Waals surface area contributed by atoms with Gasteiger partial charge >= 0.3 is 0 Å². The highest BCUT2D eigenvalue weighted by Gasteiger charge is 2.12. The molecule has 1 aromatic carbocycles. The number of ether oxygens (including phenoxy) is 1. The second kappa shape index (κ2) is 6.18. The Balaban J connectivity index is 1.77. The fraction of sp³-hybridized carbons (Fsp3) is 0.600. The Morgan fingerprint density at radius 1 is 1.24 bits per heavy atom. The van der Waals surface area contributed by atoms with Crippen LogP contribution in [0.25, 0.3) is 0 Å². The first-order valence-corrected chi connectivity index (χ1v) is 6.59. The monoisotopic (exact) mass is 233 g/mol. The van der Waals surface area contributed by atoms with Crippen LogP contribution in [-0.2, 0) is 11.3 Å². The van der Waals surface area contributed by atoms with Crippen molar-refractivity contribution in [3.8, 4) is 0 Å². The Kier molecular flexibility index (Phi) is 4.57. The molecule has 17 heavy (non-hydrogen) atoms. The molecule has 1 aliphatic rings. The van der Waals surface area contributed by atoms with Gasteiger partial charge in [-0.3, -0.25) is 0 Å². The van der Waals surface area contributed by atoms with Crippen LogP contribution in [0.3, 0.4) is 0 Å². The topological polar surface area (TPSA) is 21.3 Å². The van der Waals surface area contributed by atoms with E-state index >= 15 is 0 Å². The van der Waals surface area contributed by atoms with Crippen molar-refractivity contribution >= 4 is 0 Å². The minimum absolute atomic E-state index is 0.703. The van der Waals surface area contributed by atoms with Gasteiger partial charge in [0.25, 0.3) is 0 Å². The zero-order valence-corrected chi connectivity index (χ0v) is 11.0. The van der Waals surface area contributed by atoms with E-state index in [1.807, 2.05) is 0 Å². The van der Waals surface area contributed by atoms with Gasteiger partial charge in [-0.05, 0) is 38.2 Å². The summed E-state index contributed by atoms with van der Waals surface area (Å²) in [5.41, 5.74) is 4.09. The number of hydrogen-bond acceptors (Lipinski definition) is 2. The first-order valence-electron chi connectivity index (χ1n) is 6.59. The van der Waals surface area contributed by atoms with Gasteiger partial charge in [-0.1, -0.05) is 29.3 Å². The zero-order valence-electron chi connectivity index (χ0n) is 11.0. The summed E-state index contributed by atoms with van der Waals surface area (Å²) in [5.74, 6) is 0.703. The van der Waals surface area contributed by atoms with Gasteiger partial charge in [0.1, 0.15) is 0 Å². The molecule has 1 aliphatic heterocycles. The van der Waals surface area contributed by atoms with E-state index in [0.29, 0.717) is 5.92 Å². The molecule has 0 spiro atoms. The number of benzene rings is 1. The smallest absolute Gasteiger partial charge is 0.0506 e. The van der Waals surface area contributed by atoms with Crippen molar-refractivity contribution in [2.75, 3.05) is 19.8 Å². The molecule has 1 saturated heterocycles. The first kappa shape index (κ1) is 12.6. The molecule has 1 heterocycles. The van der Waals surface area contributed by atoms with Crippen LogP contribution in [0.2, 0.25) is 0 Å².